The first-order chi connectivity index (χ1) is 4.74. The maximum absolute atomic E-state index is 12.4. The van der Waals surface area contributed by atoms with Crippen LogP contribution in [0.15, 0.2) is 18.7 Å². The molecule has 0 fully saturated rings. The van der Waals surface area contributed by atoms with Gasteiger partial charge < -0.3 is 0 Å². The quantitative estimate of drug-likeness (QED) is 0.545. The van der Waals surface area contributed by atoms with Crippen molar-refractivity contribution in [2.75, 3.05) is 0 Å². The van der Waals surface area contributed by atoms with Gasteiger partial charge in [0.15, 0.2) is 0 Å². The Labute approximate surface area is 57.0 Å². The van der Waals surface area contributed by atoms with Gasteiger partial charge in [0.2, 0.25) is 11.9 Å². The molecule has 0 saturated carbocycles. The Balaban J connectivity index is 3.19. The number of halogens is 2. The van der Waals surface area contributed by atoms with E-state index in [-0.39, 0.29) is 5.56 Å². The zero-order chi connectivity index (χ0) is 7.56. The molecule has 0 aliphatic heterocycles. The fourth-order valence-corrected chi connectivity index (χ4v) is 0.575. The van der Waals surface area contributed by atoms with Crippen LogP contribution in [0.2, 0.25) is 0 Å². The minimum atomic E-state index is -0.824. The van der Waals surface area contributed by atoms with E-state index in [9.17, 15) is 8.78 Å². The minimum Gasteiger partial charge on any atom is -0.190 e. The van der Waals surface area contributed by atoms with Gasteiger partial charge >= 0.3 is 0 Å². The first-order valence-electron chi connectivity index (χ1n) is 2.68. The highest BCUT2D eigenvalue weighted by atomic mass is 19.1. The van der Waals surface area contributed by atoms with E-state index < -0.39 is 11.9 Å². The van der Waals surface area contributed by atoms with Crippen LogP contribution in [0, 0.1) is 11.9 Å². The second kappa shape index (κ2) is 2.56. The fraction of sp³-hybridized carbons (Fsp3) is 0. The summed E-state index contributed by atoms with van der Waals surface area (Å²) in [5, 5.41) is 0. The van der Waals surface area contributed by atoms with Gasteiger partial charge in [-0.2, -0.15) is 13.8 Å². The lowest BCUT2D eigenvalue weighted by atomic mass is 10.3. The molecule has 0 spiro atoms. The third-order valence-corrected chi connectivity index (χ3v) is 1.06. The van der Waals surface area contributed by atoms with Crippen molar-refractivity contribution in [1.29, 1.82) is 0 Å². The van der Waals surface area contributed by atoms with E-state index in [0.717, 1.165) is 6.07 Å². The molecule has 52 valence electrons. The SMILES string of the molecule is C=Cc1ccc(F)nc1F. The molecule has 10 heavy (non-hydrogen) atoms. The molecule has 1 heterocycles. The van der Waals surface area contributed by atoms with Crippen LogP contribution < -0.4 is 0 Å². The third kappa shape index (κ3) is 1.18. The summed E-state index contributed by atoms with van der Waals surface area (Å²) in [6, 6.07) is 2.37. The monoisotopic (exact) mass is 141 g/mol. The molecule has 0 radical (unpaired) electrons. The molecule has 1 aromatic rings. The van der Waals surface area contributed by atoms with Crippen molar-refractivity contribution in [3.63, 3.8) is 0 Å². The van der Waals surface area contributed by atoms with Crippen molar-refractivity contribution < 1.29 is 8.78 Å². The minimum absolute atomic E-state index is 0.210. The van der Waals surface area contributed by atoms with Crippen molar-refractivity contribution in [2.24, 2.45) is 0 Å². The van der Waals surface area contributed by atoms with E-state index in [0.29, 0.717) is 0 Å². The molecule has 0 amide bonds. The highest BCUT2D eigenvalue weighted by Gasteiger charge is 1.99. The normalized spacial score (nSPS) is 9.40. The third-order valence-electron chi connectivity index (χ3n) is 1.06. The summed E-state index contributed by atoms with van der Waals surface area (Å²) < 4.78 is 24.5. The van der Waals surface area contributed by atoms with Gasteiger partial charge in [-0.15, -0.1) is 0 Å². The molecule has 0 aliphatic carbocycles. The molecule has 0 unspecified atom stereocenters. The van der Waals surface area contributed by atoms with E-state index in [1.54, 1.807) is 0 Å². The van der Waals surface area contributed by atoms with Crippen molar-refractivity contribution in [3.05, 3.63) is 36.2 Å². The predicted octanol–water partition coefficient (Wildman–Crippen LogP) is 2.00. The van der Waals surface area contributed by atoms with Crippen LogP contribution in [0.1, 0.15) is 5.56 Å². The Kier molecular flexibility index (Phi) is 1.76. The highest BCUT2D eigenvalue weighted by Crippen LogP contribution is 2.05. The largest absolute Gasteiger partial charge is 0.222 e. The summed E-state index contributed by atoms with van der Waals surface area (Å²) >= 11 is 0. The molecule has 1 nitrogen and oxygen atoms in total. The standard InChI is InChI=1S/C7H5F2N/c1-2-5-3-4-6(8)10-7(5)9/h2-4H,1H2. The van der Waals surface area contributed by atoms with E-state index in [1.165, 1.54) is 12.1 Å². The molecule has 1 rings (SSSR count). The topological polar surface area (TPSA) is 12.9 Å². The second-order valence-corrected chi connectivity index (χ2v) is 1.72. The summed E-state index contributed by atoms with van der Waals surface area (Å²) in [4.78, 5) is 2.94. The van der Waals surface area contributed by atoms with E-state index in [1.807, 2.05) is 0 Å². The Hall–Kier alpha value is -1.25. The number of pyridine rings is 1. The van der Waals surface area contributed by atoms with Crippen molar-refractivity contribution in [2.45, 2.75) is 0 Å². The molecule has 0 atom stereocenters. The van der Waals surface area contributed by atoms with Gasteiger partial charge in [-0.1, -0.05) is 12.7 Å². The van der Waals surface area contributed by atoms with E-state index in [2.05, 4.69) is 11.6 Å². The lowest BCUT2D eigenvalue weighted by Crippen LogP contribution is -1.90. The van der Waals surface area contributed by atoms with Gasteiger partial charge in [0, 0.05) is 5.56 Å². The average molecular weight is 141 g/mol. The van der Waals surface area contributed by atoms with Gasteiger partial charge in [-0.3, -0.25) is 0 Å². The number of nitrogens with zero attached hydrogens (tertiary/aromatic N) is 1. The summed E-state index contributed by atoms with van der Waals surface area (Å²) in [5.74, 6) is -1.64. The van der Waals surface area contributed by atoms with Crippen LogP contribution in [0.3, 0.4) is 0 Å². The van der Waals surface area contributed by atoms with Crippen molar-refractivity contribution >= 4 is 6.08 Å². The smallest absolute Gasteiger partial charge is 0.190 e. The van der Waals surface area contributed by atoms with Gasteiger partial charge in [0.25, 0.3) is 0 Å². The molecule has 0 saturated heterocycles. The predicted molar refractivity (Wildman–Crippen MR) is 34.2 cm³/mol. The Morgan fingerprint density at radius 2 is 2.10 bits per heavy atom. The highest BCUT2D eigenvalue weighted by molar-refractivity contribution is 5.45. The number of hydrogen-bond acceptors (Lipinski definition) is 1. The van der Waals surface area contributed by atoms with Crippen molar-refractivity contribution in [1.82, 2.24) is 4.98 Å². The number of rotatable bonds is 1. The molecule has 0 bridgehead atoms. The number of hydrogen-bond donors (Lipinski definition) is 0. The Bertz CT molecular complexity index is 258. The summed E-state index contributed by atoms with van der Waals surface area (Å²) in [6.07, 6.45) is 1.28. The summed E-state index contributed by atoms with van der Waals surface area (Å²) in [5.41, 5.74) is 0.210. The van der Waals surface area contributed by atoms with Crippen LogP contribution in [0.4, 0.5) is 8.78 Å². The van der Waals surface area contributed by atoms with Crippen LogP contribution in [0.5, 0.6) is 0 Å². The van der Waals surface area contributed by atoms with Gasteiger partial charge in [0.1, 0.15) is 0 Å². The maximum Gasteiger partial charge on any atom is 0.222 e. The Morgan fingerprint density at radius 1 is 1.40 bits per heavy atom. The van der Waals surface area contributed by atoms with Gasteiger partial charge in [0.05, 0.1) is 0 Å². The molecule has 0 aromatic carbocycles. The summed E-state index contributed by atoms with van der Waals surface area (Å²) in [7, 11) is 0. The lowest BCUT2D eigenvalue weighted by molar-refractivity contribution is 0.511. The van der Waals surface area contributed by atoms with Crippen LogP contribution in [0.25, 0.3) is 6.08 Å². The molecule has 0 N–H and O–H groups in total. The summed E-state index contributed by atoms with van der Waals surface area (Å²) in [6.45, 7) is 3.32. The first kappa shape index (κ1) is 6.86. The molecular formula is C7H5F2N. The number of aromatic nitrogens is 1. The van der Waals surface area contributed by atoms with E-state index in [4.69, 9.17) is 0 Å². The fourth-order valence-electron chi connectivity index (χ4n) is 0.575. The zero-order valence-electron chi connectivity index (χ0n) is 5.14. The zero-order valence-corrected chi connectivity index (χ0v) is 5.14. The van der Waals surface area contributed by atoms with Crippen LogP contribution in [-0.2, 0) is 0 Å². The van der Waals surface area contributed by atoms with Gasteiger partial charge in [-0.05, 0) is 12.1 Å². The maximum atomic E-state index is 12.4. The van der Waals surface area contributed by atoms with Crippen LogP contribution in [-0.4, -0.2) is 4.98 Å². The van der Waals surface area contributed by atoms with E-state index >= 15 is 0 Å². The molecule has 3 heteroatoms. The molecule has 1 aromatic heterocycles. The molecule has 0 aliphatic rings. The molecular weight excluding hydrogens is 136 g/mol. The second-order valence-electron chi connectivity index (χ2n) is 1.72. The first-order valence-corrected chi connectivity index (χ1v) is 2.68. The average Bonchev–Trinajstić information content (AvgIpc) is 1.88. The van der Waals surface area contributed by atoms with Gasteiger partial charge in [-0.25, -0.2) is 0 Å². The van der Waals surface area contributed by atoms with Crippen LogP contribution >= 0.6 is 0 Å². The Morgan fingerprint density at radius 3 is 2.60 bits per heavy atom. The van der Waals surface area contributed by atoms with Crippen molar-refractivity contribution in [3.8, 4) is 0 Å². The lowest BCUT2D eigenvalue weighted by Gasteiger charge is -1.92.